The second kappa shape index (κ2) is 5.32. The van der Waals surface area contributed by atoms with Crippen molar-refractivity contribution >= 4 is 0 Å². The zero-order valence-corrected chi connectivity index (χ0v) is 9.63. The van der Waals surface area contributed by atoms with Crippen LogP contribution in [0.2, 0.25) is 0 Å². The van der Waals surface area contributed by atoms with Crippen molar-refractivity contribution in [1.82, 2.24) is 5.32 Å². The largest absolute Gasteiger partial charge is 0.314 e. The Kier molecular flexibility index (Phi) is 3.79. The van der Waals surface area contributed by atoms with E-state index in [2.05, 4.69) is 36.5 Å². The zero-order chi connectivity index (χ0) is 10.5. The Bertz CT molecular complexity index is 281. The van der Waals surface area contributed by atoms with Gasteiger partial charge in [0.1, 0.15) is 0 Å². The minimum atomic E-state index is 0.704. The quantitative estimate of drug-likeness (QED) is 0.779. The fourth-order valence-corrected chi connectivity index (χ4v) is 2.28. The van der Waals surface area contributed by atoms with Crippen LogP contribution in [0.25, 0.3) is 0 Å². The number of hydrogen-bond acceptors (Lipinski definition) is 1. The predicted molar refractivity (Wildman–Crippen MR) is 65.1 cm³/mol. The SMILES string of the molecule is Cc1ccc(C[C@@H]2CCCCCN2)cc1. The van der Waals surface area contributed by atoms with Gasteiger partial charge in [0.05, 0.1) is 0 Å². The van der Waals surface area contributed by atoms with Crippen molar-refractivity contribution in [2.75, 3.05) is 6.54 Å². The average molecular weight is 203 g/mol. The van der Waals surface area contributed by atoms with Gasteiger partial charge >= 0.3 is 0 Å². The molecule has 1 nitrogen and oxygen atoms in total. The van der Waals surface area contributed by atoms with Crippen LogP contribution in [0.3, 0.4) is 0 Å². The third-order valence-corrected chi connectivity index (χ3v) is 3.27. The van der Waals surface area contributed by atoms with Gasteiger partial charge in [0, 0.05) is 6.04 Å². The summed E-state index contributed by atoms with van der Waals surface area (Å²) >= 11 is 0. The maximum absolute atomic E-state index is 3.64. The van der Waals surface area contributed by atoms with Crippen LogP contribution in [0, 0.1) is 6.92 Å². The Morgan fingerprint density at radius 3 is 2.73 bits per heavy atom. The fourth-order valence-electron chi connectivity index (χ4n) is 2.28. The van der Waals surface area contributed by atoms with Crippen molar-refractivity contribution in [1.29, 1.82) is 0 Å². The van der Waals surface area contributed by atoms with E-state index >= 15 is 0 Å². The lowest BCUT2D eigenvalue weighted by Crippen LogP contribution is -2.30. The maximum Gasteiger partial charge on any atom is 0.0107 e. The minimum Gasteiger partial charge on any atom is -0.314 e. The summed E-state index contributed by atoms with van der Waals surface area (Å²) in [6.07, 6.45) is 6.68. The summed E-state index contributed by atoms with van der Waals surface area (Å²) in [7, 11) is 0. The van der Waals surface area contributed by atoms with Gasteiger partial charge in [0.25, 0.3) is 0 Å². The van der Waals surface area contributed by atoms with Gasteiger partial charge in [0.2, 0.25) is 0 Å². The summed E-state index contributed by atoms with van der Waals surface area (Å²) in [5.41, 5.74) is 2.83. The summed E-state index contributed by atoms with van der Waals surface area (Å²) in [5.74, 6) is 0. The normalized spacial score (nSPS) is 22.3. The van der Waals surface area contributed by atoms with E-state index < -0.39 is 0 Å². The molecule has 0 amide bonds. The Hall–Kier alpha value is -0.820. The highest BCUT2D eigenvalue weighted by Crippen LogP contribution is 2.13. The molecular weight excluding hydrogens is 182 g/mol. The predicted octanol–water partition coefficient (Wildman–Crippen LogP) is 3.07. The number of hydrogen-bond donors (Lipinski definition) is 1. The Morgan fingerprint density at radius 1 is 1.13 bits per heavy atom. The van der Waals surface area contributed by atoms with Gasteiger partial charge in [0.15, 0.2) is 0 Å². The molecule has 1 aromatic carbocycles. The lowest BCUT2D eigenvalue weighted by molar-refractivity contribution is 0.507. The smallest absolute Gasteiger partial charge is 0.0107 e. The van der Waals surface area contributed by atoms with E-state index in [-0.39, 0.29) is 0 Å². The van der Waals surface area contributed by atoms with Crippen molar-refractivity contribution in [3.63, 3.8) is 0 Å². The molecule has 1 aliphatic rings. The van der Waals surface area contributed by atoms with Crippen LogP contribution < -0.4 is 5.32 Å². The highest BCUT2D eigenvalue weighted by atomic mass is 14.9. The van der Waals surface area contributed by atoms with E-state index in [4.69, 9.17) is 0 Å². The van der Waals surface area contributed by atoms with Gasteiger partial charge in [-0.2, -0.15) is 0 Å². The molecule has 0 unspecified atom stereocenters. The second-order valence-electron chi connectivity index (χ2n) is 4.69. The van der Waals surface area contributed by atoms with Crippen molar-refractivity contribution in [2.45, 2.75) is 45.1 Å². The van der Waals surface area contributed by atoms with Crippen LogP contribution in [-0.2, 0) is 6.42 Å². The Balaban J connectivity index is 1.92. The van der Waals surface area contributed by atoms with E-state index in [0.29, 0.717) is 6.04 Å². The zero-order valence-electron chi connectivity index (χ0n) is 9.63. The molecule has 1 fully saturated rings. The lowest BCUT2D eigenvalue weighted by Gasteiger charge is -2.15. The first-order valence-electron chi connectivity index (χ1n) is 6.13. The number of nitrogens with one attached hydrogen (secondary N) is 1. The van der Waals surface area contributed by atoms with Gasteiger partial charge < -0.3 is 5.32 Å². The van der Waals surface area contributed by atoms with Crippen LogP contribution in [0.5, 0.6) is 0 Å². The molecular formula is C14H21N. The molecule has 0 radical (unpaired) electrons. The molecule has 0 saturated carbocycles. The molecule has 1 aromatic rings. The van der Waals surface area contributed by atoms with Crippen LogP contribution in [0.1, 0.15) is 36.8 Å². The highest BCUT2D eigenvalue weighted by molar-refractivity contribution is 5.22. The average Bonchev–Trinajstić information content (AvgIpc) is 2.50. The Labute approximate surface area is 92.9 Å². The molecule has 1 atom stereocenters. The maximum atomic E-state index is 3.64. The monoisotopic (exact) mass is 203 g/mol. The molecule has 1 heterocycles. The van der Waals surface area contributed by atoms with E-state index in [9.17, 15) is 0 Å². The molecule has 0 aliphatic carbocycles. The third-order valence-electron chi connectivity index (χ3n) is 3.27. The van der Waals surface area contributed by atoms with Gasteiger partial charge in [-0.3, -0.25) is 0 Å². The van der Waals surface area contributed by atoms with Crippen molar-refractivity contribution in [3.8, 4) is 0 Å². The summed E-state index contributed by atoms with van der Waals surface area (Å²) in [6, 6.07) is 9.66. The molecule has 15 heavy (non-hydrogen) atoms. The number of rotatable bonds is 2. The van der Waals surface area contributed by atoms with Crippen LogP contribution in [0.15, 0.2) is 24.3 Å². The topological polar surface area (TPSA) is 12.0 Å². The van der Waals surface area contributed by atoms with Gasteiger partial charge in [-0.05, 0) is 38.3 Å². The third kappa shape index (κ3) is 3.35. The summed E-state index contributed by atoms with van der Waals surface area (Å²) in [5, 5.41) is 3.64. The first-order valence-corrected chi connectivity index (χ1v) is 6.13. The standard InChI is InChI=1S/C14H21N/c1-12-6-8-13(9-7-12)11-14-5-3-2-4-10-15-14/h6-9,14-15H,2-5,10-11H2,1H3/t14-/m0/s1. The molecule has 1 saturated heterocycles. The van der Waals surface area contributed by atoms with Crippen molar-refractivity contribution < 1.29 is 0 Å². The van der Waals surface area contributed by atoms with Crippen LogP contribution >= 0.6 is 0 Å². The van der Waals surface area contributed by atoms with Crippen molar-refractivity contribution in [2.24, 2.45) is 0 Å². The first kappa shape index (κ1) is 10.7. The number of benzene rings is 1. The van der Waals surface area contributed by atoms with E-state index in [0.717, 1.165) is 0 Å². The second-order valence-corrected chi connectivity index (χ2v) is 4.69. The molecule has 0 spiro atoms. The van der Waals surface area contributed by atoms with Crippen LogP contribution in [0.4, 0.5) is 0 Å². The highest BCUT2D eigenvalue weighted by Gasteiger charge is 2.11. The first-order chi connectivity index (χ1) is 7.34. The molecule has 0 bridgehead atoms. The fraction of sp³-hybridized carbons (Fsp3) is 0.571. The molecule has 1 heteroatoms. The van der Waals surface area contributed by atoms with E-state index in [1.54, 1.807) is 0 Å². The van der Waals surface area contributed by atoms with E-state index in [1.165, 1.54) is 49.8 Å². The minimum absolute atomic E-state index is 0.704. The van der Waals surface area contributed by atoms with Gasteiger partial charge in [-0.1, -0.05) is 42.7 Å². The summed E-state index contributed by atoms with van der Waals surface area (Å²) in [4.78, 5) is 0. The molecule has 1 aliphatic heterocycles. The summed E-state index contributed by atoms with van der Waals surface area (Å²) in [6.45, 7) is 3.35. The molecule has 2 rings (SSSR count). The van der Waals surface area contributed by atoms with Gasteiger partial charge in [-0.15, -0.1) is 0 Å². The summed E-state index contributed by atoms with van der Waals surface area (Å²) < 4.78 is 0. The Morgan fingerprint density at radius 2 is 1.93 bits per heavy atom. The lowest BCUT2D eigenvalue weighted by atomic mass is 10.0. The number of aryl methyl sites for hydroxylation is 1. The van der Waals surface area contributed by atoms with Gasteiger partial charge in [-0.25, -0.2) is 0 Å². The van der Waals surface area contributed by atoms with Crippen molar-refractivity contribution in [3.05, 3.63) is 35.4 Å². The molecule has 1 N–H and O–H groups in total. The van der Waals surface area contributed by atoms with Crippen LogP contribution in [-0.4, -0.2) is 12.6 Å². The molecule has 0 aromatic heterocycles. The van der Waals surface area contributed by atoms with E-state index in [1.807, 2.05) is 0 Å². The molecule has 82 valence electrons.